The van der Waals surface area contributed by atoms with E-state index in [1.807, 2.05) is 10.3 Å². The van der Waals surface area contributed by atoms with Crippen molar-refractivity contribution >= 4 is 27.3 Å². The van der Waals surface area contributed by atoms with Gasteiger partial charge in [0.25, 0.3) is 10.0 Å². The molecule has 1 aromatic heterocycles. The number of nitrogens with zero attached hydrogens (tertiary/aromatic N) is 1. The maximum atomic E-state index is 11.5. The number of carbonyl (C=O) groups is 1. The zero-order chi connectivity index (χ0) is 10.8. The molecule has 78 valence electrons. The molecule has 0 saturated heterocycles. The van der Waals surface area contributed by atoms with Crippen LogP contribution in [0.25, 0.3) is 0 Å². The van der Waals surface area contributed by atoms with Crippen molar-refractivity contribution in [1.29, 1.82) is 0 Å². The summed E-state index contributed by atoms with van der Waals surface area (Å²) in [6.45, 7) is 2.79. The highest BCUT2D eigenvalue weighted by atomic mass is 32.2. The Morgan fingerprint density at radius 2 is 2.21 bits per heavy atom. The Morgan fingerprint density at radius 1 is 1.57 bits per heavy atom. The number of thiazole rings is 1. The van der Waals surface area contributed by atoms with Crippen LogP contribution in [0, 0.1) is 6.92 Å². The van der Waals surface area contributed by atoms with Crippen molar-refractivity contribution in [1.82, 2.24) is 15.2 Å². The van der Waals surface area contributed by atoms with Gasteiger partial charge in [0.05, 0.1) is 11.2 Å². The molecular weight excluding hydrogens is 226 g/mol. The van der Waals surface area contributed by atoms with Crippen LogP contribution in [0.5, 0.6) is 0 Å². The molecule has 6 nitrogen and oxygen atoms in total. The highest BCUT2D eigenvalue weighted by molar-refractivity contribution is 7.91. The summed E-state index contributed by atoms with van der Waals surface area (Å²) < 4.78 is 23.0. The summed E-state index contributed by atoms with van der Waals surface area (Å²) in [6, 6.07) is 0. The zero-order valence-electron chi connectivity index (χ0n) is 7.57. The molecule has 2 N–H and O–H groups in total. The number of amides is 1. The first-order chi connectivity index (χ1) is 6.43. The molecule has 0 fully saturated rings. The summed E-state index contributed by atoms with van der Waals surface area (Å²) in [6.07, 6.45) is 0. The Morgan fingerprint density at radius 3 is 2.64 bits per heavy atom. The van der Waals surface area contributed by atoms with Crippen molar-refractivity contribution < 1.29 is 13.2 Å². The van der Waals surface area contributed by atoms with E-state index < -0.39 is 15.9 Å². The minimum absolute atomic E-state index is 0.103. The summed E-state index contributed by atoms with van der Waals surface area (Å²) in [7, 11) is -3.67. The smallest absolute Gasteiger partial charge is 0.268 e. The molecule has 0 radical (unpaired) electrons. The van der Waals surface area contributed by atoms with Crippen LogP contribution in [-0.4, -0.2) is 19.3 Å². The number of hydrogen-bond acceptors (Lipinski definition) is 5. The molecule has 0 saturated carbocycles. The lowest BCUT2D eigenvalue weighted by atomic mass is 10.6. The van der Waals surface area contributed by atoms with Crippen molar-refractivity contribution in [3.05, 3.63) is 11.2 Å². The van der Waals surface area contributed by atoms with Crippen LogP contribution < -0.4 is 10.3 Å². The Labute approximate surface area is 85.4 Å². The molecule has 1 amide bonds. The van der Waals surface area contributed by atoms with E-state index in [-0.39, 0.29) is 4.21 Å². The third-order valence-electron chi connectivity index (χ3n) is 1.31. The first kappa shape index (κ1) is 11.1. The lowest BCUT2D eigenvalue weighted by Crippen LogP contribution is -2.40. The van der Waals surface area contributed by atoms with Crippen LogP contribution in [0.2, 0.25) is 0 Å². The number of rotatable bonds is 3. The minimum Gasteiger partial charge on any atom is -0.278 e. The molecular formula is C6H9N3O3S2. The average molecular weight is 235 g/mol. The first-order valence-corrected chi connectivity index (χ1v) is 5.98. The van der Waals surface area contributed by atoms with Crippen LogP contribution in [0.4, 0.5) is 0 Å². The van der Waals surface area contributed by atoms with Crippen LogP contribution in [0.3, 0.4) is 0 Å². The summed E-state index contributed by atoms with van der Waals surface area (Å²) >= 11 is 0.995. The Hall–Kier alpha value is -0.990. The molecule has 0 unspecified atom stereocenters. The highest BCUT2D eigenvalue weighted by Crippen LogP contribution is 2.17. The number of sulfonamides is 1. The van der Waals surface area contributed by atoms with Gasteiger partial charge in [-0.15, -0.1) is 16.2 Å². The largest absolute Gasteiger partial charge is 0.278 e. The van der Waals surface area contributed by atoms with E-state index in [4.69, 9.17) is 0 Å². The van der Waals surface area contributed by atoms with Crippen molar-refractivity contribution in [3.63, 3.8) is 0 Å². The molecule has 14 heavy (non-hydrogen) atoms. The fourth-order valence-electron chi connectivity index (χ4n) is 0.734. The molecule has 8 heteroatoms. The van der Waals surface area contributed by atoms with E-state index in [0.29, 0.717) is 5.69 Å². The van der Waals surface area contributed by atoms with Crippen molar-refractivity contribution in [2.45, 2.75) is 18.1 Å². The molecule has 0 aliphatic heterocycles. The van der Waals surface area contributed by atoms with Crippen LogP contribution >= 0.6 is 11.3 Å². The van der Waals surface area contributed by atoms with E-state index in [0.717, 1.165) is 11.3 Å². The van der Waals surface area contributed by atoms with Gasteiger partial charge in [0.2, 0.25) is 5.91 Å². The molecule has 0 aliphatic rings. The quantitative estimate of drug-likeness (QED) is 0.709. The molecule has 0 aliphatic carbocycles. The fraction of sp³-hybridized carbons (Fsp3) is 0.333. The predicted octanol–water partition coefficient (Wildman–Crippen LogP) is -0.219. The van der Waals surface area contributed by atoms with Gasteiger partial charge < -0.3 is 0 Å². The van der Waals surface area contributed by atoms with E-state index in [2.05, 4.69) is 4.98 Å². The van der Waals surface area contributed by atoms with Gasteiger partial charge in [-0.1, -0.05) is 0 Å². The second-order valence-electron chi connectivity index (χ2n) is 2.51. The molecule has 1 heterocycles. The Kier molecular flexibility index (Phi) is 3.19. The number of hydrogen-bond donors (Lipinski definition) is 2. The lowest BCUT2D eigenvalue weighted by molar-refractivity contribution is -0.119. The van der Waals surface area contributed by atoms with E-state index >= 15 is 0 Å². The highest BCUT2D eigenvalue weighted by Gasteiger charge is 2.19. The summed E-state index contributed by atoms with van der Waals surface area (Å²) in [5, 5.41) is 0. The maximum Gasteiger partial charge on any atom is 0.268 e. The Bertz CT molecular complexity index is 437. The van der Waals surface area contributed by atoms with Crippen molar-refractivity contribution in [2.24, 2.45) is 0 Å². The standard InChI is InChI=1S/C6H9N3O3S2/c1-4-6(13-3-7-4)14(11,12)9-8-5(2)10/h3,9H,1-2H3,(H,8,10). The normalized spacial score (nSPS) is 11.3. The number of aryl methyl sites for hydroxylation is 1. The third kappa shape index (κ3) is 2.50. The van der Waals surface area contributed by atoms with Crippen LogP contribution in [0.1, 0.15) is 12.6 Å². The molecule has 0 atom stereocenters. The predicted molar refractivity (Wildman–Crippen MR) is 51.0 cm³/mol. The third-order valence-corrected chi connectivity index (χ3v) is 4.13. The van der Waals surface area contributed by atoms with Crippen LogP contribution in [-0.2, 0) is 14.8 Å². The van der Waals surface area contributed by atoms with Gasteiger partial charge in [-0.05, 0) is 6.92 Å². The van der Waals surface area contributed by atoms with E-state index in [9.17, 15) is 13.2 Å². The number of hydrazine groups is 1. The van der Waals surface area contributed by atoms with Crippen LogP contribution in [0.15, 0.2) is 9.72 Å². The van der Waals surface area contributed by atoms with Gasteiger partial charge in [0.1, 0.15) is 0 Å². The average Bonchev–Trinajstić information content (AvgIpc) is 2.48. The number of carbonyl (C=O) groups excluding carboxylic acids is 1. The number of aromatic nitrogens is 1. The van der Waals surface area contributed by atoms with Gasteiger partial charge in [-0.25, -0.2) is 13.4 Å². The fourth-order valence-corrected chi connectivity index (χ4v) is 2.84. The van der Waals surface area contributed by atoms with Gasteiger partial charge in [-0.3, -0.25) is 10.2 Å². The van der Waals surface area contributed by atoms with E-state index in [1.165, 1.54) is 12.4 Å². The molecule has 1 aromatic rings. The second-order valence-corrected chi connectivity index (χ2v) is 5.24. The van der Waals surface area contributed by atoms with Gasteiger partial charge in [0.15, 0.2) is 4.21 Å². The summed E-state index contributed by atoms with van der Waals surface area (Å²) in [5.74, 6) is -0.476. The Balaban J connectivity index is 2.87. The first-order valence-electron chi connectivity index (χ1n) is 3.62. The zero-order valence-corrected chi connectivity index (χ0v) is 9.20. The monoisotopic (exact) mass is 235 g/mol. The van der Waals surface area contributed by atoms with Crippen molar-refractivity contribution in [3.8, 4) is 0 Å². The molecule has 0 spiro atoms. The number of nitrogens with one attached hydrogen (secondary N) is 2. The summed E-state index contributed by atoms with van der Waals surface area (Å²) in [5.41, 5.74) is 3.84. The van der Waals surface area contributed by atoms with Gasteiger partial charge in [-0.2, -0.15) is 0 Å². The van der Waals surface area contributed by atoms with Gasteiger partial charge >= 0.3 is 0 Å². The van der Waals surface area contributed by atoms with E-state index in [1.54, 1.807) is 6.92 Å². The summed E-state index contributed by atoms with van der Waals surface area (Å²) in [4.78, 5) is 16.2. The van der Waals surface area contributed by atoms with Crippen molar-refractivity contribution in [2.75, 3.05) is 0 Å². The SMILES string of the molecule is CC(=O)NNS(=O)(=O)c1scnc1C. The second kappa shape index (κ2) is 4.03. The topological polar surface area (TPSA) is 88.2 Å². The molecule has 1 rings (SSSR count). The van der Waals surface area contributed by atoms with Gasteiger partial charge in [0, 0.05) is 6.92 Å². The minimum atomic E-state index is -3.67. The molecule has 0 bridgehead atoms. The molecule has 0 aromatic carbocycles. The maximum absolute atomic E-state index is 11.5. The lowest BCUT2D eigenvalue weighted by Gasteiger charge is -2.04.